The molecule has 1 aromatic heterocycles. The van der Waals surface area contributed by atoms with E-state index in [2.05, 4.69) is 17.0 Å². The van der Waals surface area contributed by atoms with Crippen LogP contribution in [0.4, 0.5) is 0 Å². The van der Waals surface area contributed by atoms with Gasteiger partial charge in [-0.25, -0.2) is 13.9 Å². The first-order valence-electron chi connectivity index (χ1n) is 9.00. The summed E-state index contributed by atoms with van der Waals surface area (Å²) in [6.07, 6.45) is 0.582. The Hall–Kier alpha value is -2.71. The molecule has 0 spiro atoms. The van der Waals surface area contributed by atoms with Crippen molar-refractivity contribution in [2.75, 3.05) is 20.0 Å². The molecule has 0 saturated carbocycles. The van der Waals surface area contributed by atoms with Crippen molar-refractivity contribution in [3.8, 4) is 11.8 Å². The molecule has 0 fully saturated rings. The summed E-state index contributed by atoms with van der Waals surface area (Å²) >= 11 is 0. The number of carbonyl (C=O) groups is 1. The van der Waals surface area contributed by atoms with Crippen LogP contribution in [0.5, 0.6) is 0 Å². The third kappa shape index (κ3) is 5.46. The topological polar surface area (TPSA) is 139 Å². The summed E-state index contributed by atoms with van der Waals surface area (Å²) in [5, 5.41) is 21.9. The van der Waals surface area contributed by atoms with Gasteiger partial charge in [0.1, 0.15) is 10.9 Å². The minimum absolute atomic E-state index is 0.0926. The number of benzene rings is 1. The lowest BCUT2D eigenvalue weighted by molar-refractivity contribution is -0.131. The van der Waals surface area contributed by atoms with E-state index in [1.54, 1.807) is 30.3 Å². The number of ether oxygens (including phenoxy) is 1. The van der Waals surface area contributed by atoms with Crippen molar-refractivity contribution in [3.05, 3.63) is 52.9 Å². The Bertz CT molecular complexity index is 1030. The minimum Gasteiger partial charge on any atom is -0.393 e. The highest BCUT2D eigenvalue weighted by Crippen LogP contribution is 2.23. The predicted octanol–water partition coefficient (Wildman–Crippen LogP) is 0.995. The lowest BCUT2D eigenvalue weighted by Gasteiger charge is -2.24. The van der Waals surface area contributed by atoms with Crippen molar-refractivity contribution in [1.82, 2.24) is 10.6 Å². The van der Waals surface area contributed by atoms with E-state index in [9.17, 15) is 18.3 Å². The van der Waals surface area contributed by atoms with Crippen LogP contribution in [0, 0.1) is 11.8 Å². The first-order valence-corrected chi connectivity index (χ1v) is 10.9. The molecule has 0 bridgehead atoms. The van der Waals surface area contributed by atoms with E-state index in [0.29, 0.717) is 11.3 Å². The quantitative estimate of drug-likeness (QED) is 0.316. The third-order valence-electron chi connectivity index (χ3n) is 4.88. The number of aliphatic hydroxyl groups is 1. The largest absolute Gasteiger partial charge is 0.393 e. The van der Waals surface area contributed by atoms with Crippen LogP contribution in [0.1, 0.15) is 42.0 Å². The maximum atomic E-state index is 12.0. The van der Waals surface area contributed by atoms with Gasteiger partial charge in [-0.05, 0) is 43.4 Å². The Morgan fingerprint density at radius 3 is 2.53 bits per heavy atom. The zero-order valence-electron chi connectivity index (χ0n) is 16.9. The Kier molecular flexibility index (Phi) is 7.75. The number of rotatable bonds is 8. The van der Waals surface area contributed by atoms with Gasteiger partial charge in [-0.15, -0.1) is 0 Å². The maximum Gasteiger partial charge on any atom is 0.264 e. The summed E-state index contributed by atoms with van der Waals surface area (Å²) in [4.78, 5) is 11.8. The molecule has 30 heavy (non-hydrogen) atoms. The highest BCUT2D eigenvalue weighted by molar-refractivity contribution is 7.92. The number of methoxy groups -OCH3 is 1. The summed E-state index contributed by atoms with van der Waals surface area (Å²) in [5.74, 6) is 5.02. The molecule has 0 aliphatic carbocycles. The van der Waals surface area contributed by atoms with E-state index in [-0.39, 0.29) is 25.2 Å². The van der Waals surface area contributed by atoms with E-state index in [4.69, 9.17) is 14.5 Å². The van der Waals surface area contributed by atoms with Gasteiger partial charge in [-0.2, -0.15) is 0 Å². The molecule has 1 amide bonds. The van der Waals surface area contributed by atoms with Crippen molar-refractivity contribution in [2.45, 2.75) is 30.6 Å². The predicted molar refractivity (Wildman–Crippen MR) is 107 cm³/mol. The highest BCUT2D eigenvalue weighted by atomic mass is 32.2. The van der Waals surface area contributed by atoms with Gasteiger partial charge < -0.3 is 14.4 Å². The molecule has 9 nitrogen and oxygen atoms in total. The molecule has 1 aromatic carbocycles. The van der Waals surface area contributed by atoms with Gasteiger partial charge in [0.05, 0.1) is 12.3 Å². The molecule has 0 radical (unpaired) electrons. The second-order valence-electron chi connectivity index (χ2n) is 6.91. The van der Waals surface area contributed by atoms with Crippen molar-refractivity contribution < 1.29 is 32.8 Å². The smallest absolute Gasteiger partial charge is 0.264 e. The number of nitrogens with zero attached hydrogens (tertiary/aromatic N) is 1. The van der Waals surface area contributed by atoms with E-state index >= 15 is 0 Å². The number of hydrogen-bond donors (Lipinski definition) is 3. The molecule has 1 heterocycles. The molecule has 2 rings (SSSR count). The van der Waals surface area contributed by atoms with Crippen LogP contribution in [-0.4, -0.2) is 54.5 Å². The summed E-state index contributed by atoms with van der Waals surface area (Å²) in [6, 6.07) is 8.74. The zero-order chi connectivity index (χ0) is 22.4. The maximum absolute atomic E-state index is 12.0. The molecule has 2 atom stereocenters. The van der Waals surface area contributed by atoms with Gasteiger partial charge in [-0.1, -0.05) is 23.2 Å². The Morgan fingerprint density at radius 2 is 2.00 bits per heavy atom. The summed E-state index contributed by atoms with van der Waals surface area (Å²) in [7, 11) is -2.26. The molecular weight excluding hydrogens is 412 g/mol. The number of aryl methyl sites for hydroxylation is 1. The molecule has 0 aliphatic rings. The summed E-state index contributed by atoms with van der Waals surface area (Å²) in [5.41, 5.74) is 3.38. The molecule has 2 aromatic rings. The number of carbonyl (C=O) groups excluding carboxylic acids is 1. The van der Waals surface area contributed by atoms with Gasteiger partial charge in [0.25, 0.3) is 5.91 Å². The van der Waals surface area contributed by atoms with Crippen LogP contribution in [0.3, 0.4) is 0 Å². The lowest BCUT2D eigenvalue weighted by Crippen LogP contribution is -2.49. The minimum atomic E-state index is -3.78. The van der Waals surface area contributed by atoms with Crippen molar-refractivity contribution in [1.29, 1.82) is 0 Å². The third-order valence-corrected chi connectivity index (χ3v) is 6.91. The SMILES string of the molecule is COC(CO)c1ccc(C#Cc2cc(CCC(C)(C(=O)NO)S(C)(=O)=O)no2)cc1. The second kappa shape index (κ2) is 9.86. The fourth-order valence-electron chi connectivity index (χ4n) is 2.67. The highest BCUT2D eigenvalue weighted by Gasteiger charge is 2.43. The summed E-state index contributed by atoms with van der Waals surface area (Å²) < 4.78 is 32.5. The van der Waals surface area contributed by atoms with E-state index < -0.39 is 26.6 Å². The van der Waals surface area contributed by atoms with Crippen LogP contribution >= 0.6 is 0 Å². The Labute approximate surface area is 174 Å². The fraction of sp³-hybridized carbons (Fsp3) is 0.400. The number of aromatic nitrogens is 1. The van der Waals surface area contributed by atoms with Gasteiger partial charge >= 0.3 is 0 Å². The molecule has 10 heteroatoms. The van der Waals surface area contributed by atoms with Crippen molar-refractivity contribution in [3.63, 3.8) is 0 Å². The Morgan fingerprint density at radius 1 is 1.33 bits per heavy atom. The summed E-state index contributed by atoms with van der Waals surface area (Å²) in [6.45, 7) is 1.12. The number of sulfone groups is 1. The van der Waals surface area contributed by atoms with E-state index in [1.165, 1.54) is 19.5 Å². The van der Waals surface area contributed by atoms with Crippen molar-refractivity contribution in [2.24, 2.45) is 0 Å². The van der Waals surface area contributed by atoms with Crippen LogP contribution in [0.15, 0.2) is 34.9 Å². The Balaban J connectivity index is 2.08. The van der Waals surface area contributed by atoms with E-state index in [1.807, 2.05) is 0 Å². The number of amides is 1. The molecule has 0 saturated heterocycles. The number of nitrogens with one attached hydrogen (secondary N) is 1. The number of aliphatic hydroxyl groups excluding tert-OH is 1. The number of hydrogen-bond acceptors (Lipinski definition) is 8. The first kappa shape index (κ1) is 23.6. The zero-order valence-corrected chi connectivity index (χ0v) is 17.7. The van der Waals surface area contributed by atoms with Crippen LogP contribution in [0.25, 0.3) is 0 Å². The number of hydroxylamine groups is 1. The fourth-order valence-corrected chi connectivity index (χ4v) is 3.53. The van der Waals surface area contributed by atoms with Crippen molar-refractivity contribution >= 4 is 15.7 Å². The average Bonchev–Trinajstić information content (AvgIpc) is 3.18. The van der Waals surface area contributed by atoms with Crippen LogP contribution in [-0.2, 0) is 25.8 Å². The average molecular weight is 436 g/mol. The van der Waals surface area contributed by atoms with Gasteiger partial charge in [0, 0.05) is 25.0 Å². The lowest BCUT2D eigenvalue weighted by atomic mass is 10.0. The normalized spacial score (nSPS) is 14.3. The van der Waals surface area contributed by atoms with Gasteiger partial charge in [-0.3, -0.25) is 10.0 Å². The molecule has 0 aliphatic heterocycles. The monoisotopic (exact) mass is 436 g/mol. The molecule has 162 valence electrons. The van der Waals surface area contributed by atoms with Gasteiger partial charge in [0.15, 0.2) is 9.84 Å². The standard InChI is InChI=1S/C20H24N2O7S/c1-20(19(24)21-25,30(3,26)27)11-10-16-12-17(29-22-16)9-6-14-4-7-15(8-5-14)18(13-23)28-2/h4-5,7-8,12,18,23,25H,10-11,13H2,1-3H3,(H,21,24). The molecular formula is C20H24N2O7S. The second-order valence-corrected chi connectivity index (χ2v) is 9.35. The van der Waals surface area contributed by atoms with E-state index in [0.717, 1.165) is 11.8 Å². The molecule has 3 N–H and O–H groups in total. The first-order chi connectivity index (χ1) is 14.1. The molecule has 2 unspecified atom stereocenters. The van der Waals surface area contributed by atoms with Gasteiger partial charge in [0.2, 0.25) is 5.76 Å². The van der Waals surface area contributed by atoms with Crippen LogP contribution in [0.2, 0.25) is 0 Å². The van der Waals surface area contributed by atoms with Crippen LogP contribution < -0.4 is 5.48 Å².